The first kappa shape index (κ1) is 15.3. The summed E-state index contributed by atoms with van der Waals surface area (Å²) in [6.45, 7) is 0. The lowest BCUT2D eigenvalue weighted by Crippen LogP contribution is -2.10. The summed E-state index contributed by atoms with van der Waals surface area (Å²) in [7, 11) is 0. The fourth-order valence-electron chi connectivity index (χ4n) is 2.11. The molecular weight excluding hydrogens is 324 g/mol. The highest BCUT2D eigenvalue weighted by molar-refractivity contribution is 5.65. The molecule has 0 aliphatic rings. The quantitative estimate of drug-likeness (QED) is 0.617. The van der Waals surface area contributed by atoms with Gasteiger partial charge in [0.25, 0.3) is 0 Å². The number of halogens is 6. The Bertz CT molecular complexity index is 846. The summed E-state index contributed by atoms with van der Waals surface area (Å²) < 4.78 is 76.8. The lowest BCUT2D eigenvalue weighted by atomic mass is 10.1. The van der Waals surface area contributed by atoms with Crippen LogP contribution in [-0.2, 0) is 12.4 Å². The lowest BCUT2D eigenvalue weighted by Gasteiger charge is -2.09. The van der Waals surface area contributed by atoms with Crippen LogP contribution in [0.3, 0.4) is 0 Å². The van der Waals surface area contributed by atoms with Crippen molar-refractivity contribution >= 4 is 5.65 Å². The number of pyridine rings is 1. The monoisotopic (exact) mass is 331 g/mol. The van der Waals surface area contributed by atoms with Crippen LogP contribution in [0.2, 0.25) is 0 Å². The molecule has 0 amide bonds. The molecule has 3 nitrogen and oxygen atoms in total. The van der Waals surface area contributed by atoms with Gasteiger partial charge in [-0.3, -0.25) is 4.40 Å². The van der Waals surface area contributed by atoms with Crippen molar-refractivity contribution in [2.45, 2.75) is 12.4 Å². The summed E-state index contributed by atoms with van der Waals surface area (Å²) in [5.41, 5.74) is -0.172. The second-order valence-corrected chi connectivity index (χ2v) is 4.74. The number of hydrogen-bond acceptors (Lipinski definition) is 2. The molecule has 9 heteroatoms. The minimum atomic E-state index is -4.68. The molecule has 3 aromatic rings. The lowest BCUT2D eigenvalue weighted by molar-refractivity contribution is -0.145. The first-order valence-electron chi connectivity index (χ1n) is 6.26. The van der Waals surface area contributed by atoms with Crippen molar-refractivity contribution in [1.29, 1.82) is 0 Å². The third-order valence-corrected chi connectivity index (χ3v) is 3.20. The molecule has 0 saturated carbocycles. The van der Waals surface area contributed by atoms with E-state index in [-0.39, 0.29) is 5.65 Å². The number of benzene rings is 1. The number of hydrogen-bond donors (Lipinski definition) is 0. The van der Waals surface area contributed by atoms with Crippen molar-refractivity contribution in [1.82, 2.24) is 14.6 Å². The van der Waals surface area contributed by atoms with Gasteiger partial charge in [-0.2, -0.15) is 26.3 Å². The van der Waals surface area contributed by atoms with Crippen LogP contribution in [-0.4, -0.2) is 14.6 Å². The number of fused-ring (bicyclic) bond motifs is 1. The van der Waals surface area contributed by atoms with E-state index in [1.165, 1.54) is 24.3 Å². The van der Waals surface area contributed by atoms with Gasteiger partial charge in [-0.15, -0.1) is 10.2 Å². The highest BCUT2D eigenvalue weighted by atomic mass is 19.4. The van der Waals surface area contributed by atoms with Crippen LogP contribution in [0.1, 0.15) is 11.4 Å². The number of nitrogens with zero attached hydrogens (tertiary/aromatic N) is 3. The predicted octanol–water partition coefficient (Wildman–Crippen LogP) is 4.43. The fourth-order valence-corrected chi connectivity index (χ4v) is 2.11. The van der Waals surface area contributed by atoms with E-state index in [1.54, 1.807) is 0 Å². The van der Waals surface area contributed by atoms with Crippen molar-refractivity contribution in [3.8, 4) is 11.1 Å². The summed E-state index contributed by atoms with van der Waals surface area (Å²) in [5.74, 6) is -1.19. The van der Waals surface area contributed by atoms with Gasteiger partial charge in [0, 0.05) is 6.20 Å². The summed E-state index contributed by atoms with van der Waals surface area (Å²) in [4.78, 5) is 0. The zero-order valence-corrected chi connectivity index (χ0v) is 11.2. The molecule has 0 fully saturated rings. The Kier molecular flexibility index (Phi) is 3.31. The number of alkyl halides is 6. The molecule has 0 N–H and O–H groups in total. The second kappa shape index (κ2) is 4.97. The van der Waals surface area contributed by atoms with E-state index in [0.717, 1.165) is 22.7 Å². The van der Waals surface area contributed by atoms with Gasteiger partial charge < -0.3 is 0 Å². The van der Waals surface area contributed by atoms with Crippen molar-refractivity contribution in [3.63, 3.8) is 0 Å². The maximum absolute atomic E-state index is 12.8. The fraction of sp³-hybridized carbons (Fsp3) is 0.143. The van der Waals surface area contributed by atoms with E-state index in [2.05, 4.69) is 10.2 Å². The third-order valence-electron chi connectivity index (χ3n) is 3.20. The molecule has 0 saturated heterocycles. The van der Waals surface area contributed by atoms with E-state index in [0.29, 0.717) is 11.1 Å². The van der Waals surface area contributed by atoms with Crippen LogP contribution in [0.4, 0.5) is 26.3 Å². The molecule has 120 valence electrons. The van der Waals surface area contributed by atoms with Crippen LogP contribution in [0.15, 0.2) is 42.6 Å². The van der Waals surface area contributed by atoms with Crippen molar-refractivity contribution < 1.29 is 26.3 Å². The predicted molar refractivity (Wildman–Crippen MR) is 68.4 cm³/mol. The molecule has 2 aromatic heterocycles. The summed E-state index contributed by atoms with van der Waals surface area (Å²) in [5, 5.41) is 6.50. The van der Waals surface area contributed by atoms with Gasteiger partial charge in [-0.25, -0.2) is 0 Å². The van der Waals surface area contributed by atoms with Crippen molar-refractivity contribution in [2.75, 3.05) is 0 Å². The van der Waals surface area contributed by atoms with E-state index < -0.39 is 23.7 Å². The zero-order chi connectivity index (χ0) is 16.8. The molecule has 2 heterocycles. The van der Waals surface area contributed by atoms with Crippen LogP contribution in [0.25, 0.3) is 16.8 Å². The number of rotatable bonds is 1. The minimum absolute atomic E-state index is 0.00649. The second-order valence-electron chi connectivity index (χ2n) is 4.74. The normalized spacial score (nSPS) is 12.8. The zero-order valence-electron chi connectivity index (χ0n) is 11.2. The molecule has 0 radical (unpaired) electrons. The molecule has 1 aromatic carbocycles. The van der Waals surface area contributed by atoms with Gasteiger partial charge in [-0.1, -0.05) is 12.1 Å². The summed E-state index contributed by atoms with van der Waals surface area (Å²) in [6.07, 6.45) is -8.01. The Balaban J connectivity index is 2.07. The Labute approximate surface area is 125 Å². The van der Waals surface area contributed by atoms with Crippen LogP contribution in [0, 0.1) is 0 Å². The van der Waals surface area contributed by atoms with E-state index >= 15 is 0 Å². The molecule has 0 aliphatic heterocycles. The van der Waals surface area contributed by atoms with E-state index in [1.807, 2.05) is 0 Å². The first-order chi connectivity index (χ1) is 10.7. The molecule has 0 unspecified atom stereocenters. The molecule has 23 heavy (non-hydrogen) atoms. The largest absolute Gasteiger partial charge is 0.452 e. The molecule has 0 atom stereocenters. The maximum atomic E-state index is 12.8. The van der Waals surface area contributed by atoms with Gasteiger partial charge in [0.05, 0.1) is 5.56 Å². The average molecular weight is 331 g/mol. The molecular formula is C14H7F6N3. The van der Waals surface area contributed by atoms with E-state index in [9.17, 15) is 26.3 Å². The van der Waals surface area contributed by atoms with Crippen LogP contribution >= 0.6 is 0 Å². The standard InChI is InChI=1S/C14H7F6N3/c15-13(16,17)10-4-1-8(2-5-10)9-3-6-11-21-22-12(14(18,19)20)23(11)7-9/h1-7H. The molecule has 0 aliphatic carbocycles. The van der Waals surface area contributed by atoms with Gasteiger partial charge >= 0.3 is 12.4 Å². The Morgan fingerprint density at radius 1 is 0.696 bits per heavy atom. The first-order valence-corrected chi connectivity index (χ1v) is 6.26. The van der Waals surface area contributed by atoms with Gasteiger partial charge in [0.2, 0.25) is 5.82 Å². The average Bonchev–Trinajstić information content (AvgIpc) is 2.89. The highest BCUT2D eigenvalue weighted by Crippen LogP contribution is 2.32. The molecule has 0 spiro atoms. The van der Waals surface area contributed by atoms with Crippen LogP contribution < -0.4 is 0 Å². The molecule has 3 rings (SSSR count). The van der Waals surface area contributed by atoms with E-state index in [4.69, 9.17) is 0 Å². The Morgan fingerprint density at radius 3 is 1.87 bits per heavy atom. The van der Waals surface area contributed by atoms with Crippen LogP contribution in [0.5, 0.6) is 0 Å². The maximum Gasteiger partial charge on any atom is 0.452 e. The topological polar surface area (TPSA) is 30.2 Å². The van der Waals surface area contributed by atoms with Crippen molar-refractivity contribution in [3.05, 3.63) is 54.0 Å². The van der Waals surface area contributed by atoms with Gasteiger partial charge in [-0.05, 0) is 35.4 Å². The smallest absolute Gasteiger partial charge is 0.278 e. The Hall–Kier alpha value is -2.58. The Morgan fingerprint density at radius 2 is 1.30 bits per heavy atom. The highest BCUT2D eigenvalue weighted by Gasteiger charge is 2.37. The summed E-state index contributed by atoms with van der Waals surface area (Å²) >= 11 is 0. The SMILES string of the molecule is FC(F)(F)c1ccc(-c2ccc3nnc(C(F)(F)F)n3c2)cc1. The summed E-state index contributed by atoms with van der Waals surface area (Å²) in [6, 6.07) is 6.91. The van der Waals surface area contributed by atoms with Crippen molar-refractivity contribution in [2.24, 2.45) is 0 Å². The number of aromatic nitrogens is 3. The van der Waals surface area contributed by atoms with Gasteiger partial charge in [0.1, 0.15) is 0 Å². The van der Waals surface area contributed by atoms with Gasteiger partial charge in [0.15, 0.2) is 5.65 Å². The minimum Gasteiger partial charge on any atom is -0.278 e. The molecule has 0 bridgehead atoms. The third kappa shape index (κ3) is 2.86.